The minimum Gasteiger partial charge on any atom is -0.462 e. The number of carbonyl (C=O) groups is 2. The minimum absolute atomic E-state index is 0.192. The molecule has 0 aliphatic rings. The number of benzene rings is 2. The second-order valence-corrected chi connectivity index (χ2v) is 11.5. The SMILES string of the molecule is CCOC(=O)c1c(NC(=O)c2sc3ncn(Cc4ccccc4)c(=O)c3c2C)sc(C)c1-c1ccc(Cl)cc1. The molecule has 7 nitrogen and oxygen atoms in total. The van der Waals surface area contributed by atoms with Gasteiger partial charge in [0.15, 0.2) is 0 Å². The van der Waals surface area contributed by atoms with Crippen LogP contribution in [0.3, 0.4) is 0 Å². The summed E-state index contributed by atoms with van der Waals surface area (Å²) in [5, 5.41) is 4.29. The van der Waals surface area contributed by atoms with E-state index in [1.165, 1.54) is 17.7 Å². The lowest BCUT2D eigenvalue weighted by Crippen LogP contribution is -2.21. The highest BCUT2D eigenvalue weighted by Gasteiger charge is 2.27. The van der Waals surface area contributed by atoms with Crippen LogP contribution in [0.15, 0.2) is 65.7 Å². The number of aromatic nitrogens is 2. The molecular weight excluding hydrogens is 554 g/mol. The summed E-state index contributed by atoms with van der Waals surface area (Å²) >= 11 is 8.51. The van der Waals surface area contributed by atoms with Crippen LogP contribution in [-0.4, -0.2) is 28.0 Å². The number of esters is 1. The summed E-state index contributed by atoms with van der Waals surface area (Å²) in [5.41, 5.74) is 3.08. The molecule has 10 heteroatoms. The summed E-state index contributed by atoms with van der Waals surface area (Å²) < 4.78 is 6.88. The number of hydrogen-bond donors (Lipinski definition) is 1. The average Bonchev–Trinajstić information content (AvgIpc) is 3.43. The van der Waals surface area contributed by atoms with Crippen LogP contribution in [0, 0.1) is 13.8 Å². The maximum absolute atomic E-state index is 13.5. The summed E-state index contributed by atoms with van der Waals surface area (Å²) in [5.74, 6) is -0.945. The molecule has 0 aliphatic carbocycles. The van der Waals surface area contributed by atoms with E-state index in [9.17, 15) is 14.4 Å². The number of rotatable bonds is 7. The van der Waals surface area contributed by atoms with Gasteiger partial charge in [-0.15, -0.1) is 22.7 Å². The van der Waals surface area contributed by atoms with E-state index in [0.717, 1.165) is 27.3 Å². The summed E-state index contributed by atoms with van der Waals surface area (Å²) in [6.45, 7) is 5.93. The monoisotopic (exact) mass is 577 g/mol. The highest BCUT2D eigenvalue weighted by molar-refractivity contribution is 7.21. The van der Waals surface area contributed by atoms with E-state index in [4.69, 9.17) is 16.3 Å². The second-order valence-electron chi connectivity index (χ2n) is 8.82. The lowest BCUT2D eigenvalue weighted by molar-refractivity contribution is 0.0529. The van der Waals surface area contributed by atoms with E-state index in [-0.39, 0.29) is 17.7 Å². The third-order valence-corrected chi connectivity index (χ3v) is 8.71. The molecule has 0 spiro atoms. The molecule has 0 atom stereocenters. The van der Waals surface area contributed by atoms with Gasteiger partial charge in [0.05, 0.1) is 29.7 Å². The van der Waals surface area contributed by atoms with Crippen LogP contribution >= 0.6 is 34.3 Å². The number of hydrogen-bond acceptors (Lipinski definition) is 7. The van der Waals surface area contributed by atoms with Crippen LogP contribution in [0.4, 0.5) is 5.00 Å². The number of halogens is 1. The molecule has 0 saturated heterocycles. The van der Waals surface area contributed by atoms with Crippen molar-refractivity contribution in [1.82, 2.24) is 9.55 Å². The molecule has 1 amide bonds. The predicted molar refractivity (Wildman–Crippen MR) is 158 cm³/mol. The molecule has 39 heavy (non-hydrogen) atoms. The van der Waals surface area contributed by atoms with Gasteiger partial charge in [0.2, 0.25) is 0 Å². The van der Waals surface area contributed by atoms with Crippen molar-refractivity contribution in [3.05, 3.63) is 103 Å². The van der Waals surface area contributed by atoms with E-state index >= 15 is 0 Å². The van der Waals surface area contributed by atoms with Gasteiger partial charge in [0.1, 0.15) is 15.4 Å². The van der Waals surface area contributed by atoms with Crippen LogP contribution in [0.1, 0.15) is 43.0 Å². The molecule has 5 aromatic rings. The van der Waals surface area contributed by atoms with Gasteiger partial charge in [-0.25, -0.2) is 9.78 Å². The van der Waals surface area contributed by atoms with E-state index in [2.05, 4.69) is 10.3 Å². The van der Waals surface area contributed by atoms with Crippen molar-refractivity contribution in [3.8, 4) is 11.1 Å². The predicted octanol–water partition coefficient (Wildman–Crippen LogP) is 6.93. The number of aryl methyl sites for hydroxylation is 2. The number of nitrogens with one attached hydrogen (secondary N) is 1. The van der Waals surface area contributed by atoms with Gasteiger partial charge >= 0.3 is 5.97 Å². The van der Waals surface area contributed by atoms with Crippen LogP contribution in [0.25, 0.3) is 21.3 Å². The highest BCUT2D eigenvalue weighted by Crippen LogP contribution is 2.41. The van der Waals surface area contributed by atoms with Gasteiger partial charge in [-0.1, -0.05) is 54.1 Å². The van der Waals surface area contributed by atoms with Gasteiger partial charge in [-0.2, -0.15) is 0 Å². The molecule has 0 saturated carbocycles. The quantitative estimate of drug-likeness (QED) is 0.212. The van der Waals surface area contributed by atoms with Crippen molar-refractivity contribution >= 4 is 61.4 Å². The first-order valence-corrected chi connectivity index (χ1v) is 14.2. The lowest BCUT2D eigenvalue weighted by Gasteiger charge is -2.09. The molecule has 0 unspecified atom stereocenters. The van der Waals surface area contributed by atoms with Gasteiger partial charge in [0.25, 0.3) is 11.5 Å². The summed E-state index contributed by atoms with van der Waals surface area (Å²) in [6.07, 6.45) is 1.51. The third-order valence-electron chi connectivity index (χ3n) is 6.24. The Bertz CT molecular complexity index is 1760. The smallest absolute Gasteiger partial charge is 0.341 e. The number of nitrogens with zero attached hydrogens (tertiary/aromatic N) is 2. The molecular formula is C29H24ClN3O4S2. The zero-order valence-corrected chi connectivity index (χ0v) is 23.8. The van der Waals surface area contributed by atoms with Crippen molar-refractivity contribution in [2.75, 3.05) is 11.9 Å². The Labute approximate surface area is 237 Å². The largest absolute Gasteiger partial charge is 0.462 e. The third kappa shape index (κ3) is 5.25. The highest BCUT2D eigenvalue weighted by atomic mass is 35.5. The molecule has 0 bridgehead atoms. The van der Waals surface area contributed by atoms with Crippen molar-refractivity contribution in [2.45, 2.75) is 27.3 Å². The first-order valence-electron chi connectivity index (χ1n) is 12.2. The van der Waals surface area contributed by atoms with Crippen LogP contribution in [-0.2, 0) is 11.3 Å². The van der Waals surface area contributed by atoms with Crippen molar-refractivity contribution < 1.29 is 14.3 Å². The molecule has 0 aliphatic heterocycles. The second kappa shape index (κ2) is 11.1. The van der Waals surface area contributed by atoms with E-state index in [1.54, 1.807) is 30.5 Å². The molecule has 3 heterocycles. The Kier molecular flexibility index (Phi) is 7.65. The Balaban J connectivity index is 1.52. The summed E-state index contributed by atoms with van der Waals surface area (Å²) in [6, 6.07) is 16.8. The fourth-order valence-electron chi connectivity index (χ4n) is 4.42. The molecule has 198 valence electrons. The minimum atomic E-state index is -0.527. The van der Waals surface area contributed by atoms with Crippen molar-refractivity contribution in [3.63, 3.8) is 0 Å². The Morgan fingerprint density at radius 2 is 1.77 bits per heavy atom. The first kappa shape index (κ1) is 26.8. The summed E-state index contributed by atoms with van der Waals surface area (Å²) in [4.78, 5) is 46.1. The zero-order chi connectivity index (χ0) is 27.7. The van der Waals surface area contributed by atoms with Gasteiger partial charge in [-0.3, -0.25) is 14.2 Å². The van der Waals surface area contributed by atoms with Gasteiger partial charge in [-0.05, 0) is 49.6 Å². The Morgan fingerprint density at radius 3 is 2.46 bits per heavy atom. The maximum Gasteiger partial charge on any atom is 0.341 e. The van der Waals surface area contributed by atoms with Crippen molar-refractivity contribution in [2.24, 2.45) is 0 Å². The number of fused-ring (bicyclic) bond motifs is 1. The fourth-order valence-corrected chi connectivity index (χ4v) is 6.64. The number of anilines is 1. The first-order chi connectivity index (χ1) is 18.8. The molecule has 5 rings (SSSR count). The standard InChI is InChI=1S/C29H24ClN3O4S2/c1-4-37-29(36)23-22(19-10-12-20(30)13-11-19)17(3)38-27(23)32-25(34)24-16(2)21-26(39-24)31-15-33(28(21)35)14-18-8-6-5-7-9-18/h5-13,15H,4,14H2,1-3H3,(H,32,34). The lowest BCUT2D eigenvalue weighted by atomic mass is 10.0. The molecule has 0 fully saturated rings. The topological polar surface area (TPSA) is 90.3 Å². The van der Waals surface area contributed by atoms with Gasteiger partial charge in [0, 0.05) is 15.5 Å². The van der Waals surface area contributed by atoms with Crippen molar-refractivity contribution in [1.29, 1.82) is 0 Å². The fraction of sp³-hybridized carbons (Fsp3) is 0.172. The molecule has 0 radical (unpaired) electrons. The van der Waals surface area contributed by atoms with Crippen LogP contribution in [0.2, 0.25) is 5.02 Å². The number of amides is 1. The zero-order valence-electron chi connectivity index (χ0n) is 21.4. The Hall–Kier alpha value is -3.79. The van der Waals surface area contributed by atoms with Crippen LogP contribution < -0.4 is 10.9 Å². The number of ether oxygens (including phenoxy) is 1. The van der Waals surface area contributed by atoms with E-state index in [1.807, 2.05) is 49.4 Å². The average molecular weight is 578 g/mol. The number of thiophene rings is 2. The summed E-state index contributed by atoms with van der Waals surface area (Å²) in [7, 11) is 0. The van der Waals surface area contributed by atoms with E-state index < -0.39 is 11.9 Å². The number of carbonyl (C=O) groups excluding carboxylic acids is 2. The van der Waals surface area contributed by atoms with Gasteiger partial charge < -0.3 is 10.1 Å². The van der Waals surface area contributed by atoms with E-state index in [0.29, 0.717) is 42.8 Å². The molecule has 1 N–H and O–H groups in total. The maximum atomic E-state index is 13.5. The Morgan fingerprint density at radius 1 is 1.05 bits per heavy atom. The molecule has 3 aromatic heterocycles. The van der Waals surface area contributed by atoms with Crippen LogP contribution in [0.5, 0.6) is 0 Å². The molecule has 2 aromatic carbocycles. The normalized spacial score (nSPS) is 11.1.